The zero-order chi connectivity index (χ0) is 31.8. The number of carbonyl (C=O) groups excluding carboxylic acids is 4. The van der Waals surface area contributed by atoms with Gasteiger partial charge < -0.3 is 19.5 Å². The number of ether oxygens (including phenoxy) is 3. The first-order chi connectivity index (χ1) is 21.1. The fourth-order valence-corrected chi connectivity index (χ4v) is 5.82. The molecule has 9 nitrogen and oxygen atoms in total. The number of rotatable bonds is 12. The van der Waals surface area contributed by atoms with Crippen LogP contribution in [0.1, 0.15) is 41.3 Å². The third-order valence-corrected chi connectivity index (χ3v) is 8.29. The predicted octanol–water partition coefficient (Wildman–Crippen LogP) is 7.30. The monoisotopic (exact) mass is 752 g/mol. The van der Waals surface area contributed by atoms with Gasteiger partial charge in [-0.05, 0) is 88.8 Å². The maximum Gasteiger partial charge on any atom is 0.339 e. The Balaban J connectivity index is 1.43. The molecule has 0 unspecified atom stereocenters. The molecule has 0 atom stereocenters. The zero-order valence-corrected chi connectivity index (χ0v) is 27.4. The second-order valence-corrected chi connectivity index (χ2v) is 12.0. The summed E-state index contributed by atoms with van der Waals surface area (Å²) >= 11 is 8.87. The molecule has 1 aliphatic heterocycles. The lowest BCUT2D eigenvalue weighted by Gasteiger charge is -2.14. The van der Waals surface area contributed by atoms with Gasteiger partial charge in [0.1, 0.15) is 19.0 Å². The van der Waals surface area contributed by atoms with Crippen molar-refractivity contribution in [3.8, 4) is 11.5 Å². The molecule has 1 heterocycles. The summed E-state index contributed by atoms with van der Waals surface area (Å²) in [5.74, 6) is -1.53. The molecule has 1 aliphatic rings. The maximum absolute atomic E-state index is 14.0. The van der Waals surface area contributed by atoms with Gasteiger partial charge >= 0.3 is 5.97 Å². The number of hydrogen-bond donors (Lipinski definition) is 1. The number of nitrogens with zero attached hydrogens (tertiary/aromatic N) is 1. The topological polar surface area (TPSA) is 111 Å². The van der Waals surface area contributed by atoms with Gasteiger partial charge in [0.25, 0.3) is 11.1 Å². The first kappa shape index (κ1) is 33.3. The summed E-state index contributed by atoms with van der Waals surface area (Å²) in [6, 6.07) is 14.0. The van der Waals surface area contributed by atoms with Gasteiger partial charge in [0.05, 0.1) is 32.8 Å². The van der Waals surface area contributed by atoms with E-state index < -0.39 is 29.6 Å². The Labute approximate surface area is 276 Å². The molecule has 0 bridgehead atoms. The molecule has 3 amide bonds. The van der Waals surface area contributed by atoms with Gasteiger partial charge in [0.15, 0.2) is 11.5 Å². The quantitative estimate of drug-likeness (QED) is 0.0889. The average molecular weight is 753 g/mol. The van der Waals surface area contributed by atoms with Crippen molar-refractivity contribution in [2.24, 2.45) is 0 Å². The van der Waals surface area contributed by atoms with E-state index in [9.17, 15) is 23.6 Å². The van der Waals surface area contributed by atoms with Crippen LogP contribution in [0.15, 0.2) is 59.5 Å². The molecular weight excluding hydrogens is 726 g/mol. The number of thioether (sulfide) groups is 1. The molecule has 1 fully saturated rings. The Morgan fingerprint density at radius 1 is 1.14 bits per heavy atom. The van der Waals surface area contributed by atoms with Gasteiger partial charge in [0, 0.05) is 11.3 Å². The number of anilines is 1. The van der Waals surface area contributed by atoms with Crippen LogP contribution in [0.4, 0.5) is 14.9 Å². The molecule has 230 valence electrons. The van der Waals surface area contributed by atoms with Gasteiger partial charge in [-0.15, -0.1) is 0 Å². The van der Waals surface area contributed by atoms with Crippen LogP contribution in [0.2, 0.25) is 5.02 Å². The predicted molar refractivity (Wildman–Crippen MR) is 174 cm³/mol. The summed E-state index contributed by atoms with van der Waals surface area (Å²) in [7, 11) is 1.46. The van der Waals surface area contributed by atoms with Gasteiger partial charge in [-0.2, -0.15) is 0 Å². The van der Waals surface area contributed by atoms with E-state index in [1.165, 1.54) is 37.5 Å². The number of methoxy groups -OCH3 is 1. The van der Waals surface area contributed by atoms with Crippen molar-refractivity contribution in [3.05, 3.63) is 90.6 Å². The standard InChI is InChI=1S/C31H27ClFIN2O7S/c1-3-4-11-42-30(39)21-15-20(9-10-22(21)32)35-27(37)16-36-29(38)26(44-31(36)40)14-18-12-24(34)28(25(13-18)41-2)43-17-19-7-5-6-8-23(19)33/h5-10,12-15H,3-4,11,16-17H2,1-2H3,(H,35,37)/b26-14+. The molecule has 3 aromatic carbocycles. The van der Waals surface area contributed by atoms with E-state index in [1.54, 1.807) is 30.3 Å². The highest BCUT2D eigenvalue weighted by molar-refractivity contribution is 14.1. The van der Waals surface area contributed by atoms with E-state index in [0.717, 1.165) is 11.3 Å². The van der Waals surface area contributed by atoms with Crippen LogP contribution in [0.25, 0.3) is 6.08 Å². The molecule has 0 aromatic heterocycles. The lowest BCUT2D eigenvalue weighted by molar-refractivity contribution is -0.127. The van der Waals surface area contributed by atoms with Gasteiger partial charge in [-0.25, -0.2) is 9.18 Å². The van der Waals surface area contributed by atoms with E-state index in [4.69, 9.17) is 25.8 Å². The Bertz CT molecular complexity index is 1630. The average Bonchev–Trinajstić information content (AvgIpc) is 3.25. The van der Waals surface area contributed by atoms with E-state index in [1.807, 2.05) is 29.5 Å². The fraction of sp³-hybridized carbons (Fsp3) is 0.226. The summed E-state index contributed by atoms with van der Waals surface area (Å²) in [6.45, 7) is 1.66. The largest absolute Gasteiger partial charge is 0.493 e. The minimum atomic E-state index is -0.645. The molecule has 13 heteroatoms. The number of hydrogen-bond acceptors (Lipinski definition) is 8. The highest BCUT2D eigenvalue weighted by Crippen LogP contribution is 2.38. The number of benzene rings is 3. The molecule has 0 radical (unpaired) electrons. The van der Waals surface area contributed by atoms with Crippen molar-refractivity contribution in [2.45, 2.75) is 26.4 Å². The molecular formula is C31H27ClFIN2O7S. The number of imide groups is 1. The van der Waals surface area contributed by atoms with Gasteiger partial charge in [0.2, 0.25) is 5.91 Å². The second-order valence-electron chi connectivity index (χ2n) is 9.41. The van der Waals surface area contributed by atoms with Gasteiger partial charge in [-0.3, -0.25) is 19.3 Å². The number of esters is 1. The van der Waals surface area contributed by atoms with Crippen molar-refractivity contribution in [1.82, 2.24) is 4.90 Å². The van der Waals surface area contributed by atoms with Crippen LogP contribution >= 0.6 is 46.0 Å². The molecule has 44 heavy (non-hydrogen) atoms. The number of nitrogens with one attached hydrogen (secondary N) is 1. The zero-order valence-electron chi connectivity index (χ0n) is 23.7. The maximum atomic E-state index is 14.0. The van der Waals surface area contributed by atoms with E-state index in [0.29, 0.717) is 44.4 Å². The summed E-state index contributed by atoms with van der Waals surface area (Å²) < 4.78 is 31.2. The first-order valence-corrected chi connectivity index (χ1v) is 15.6. The van der Waals surface area contributed by atoms with Crippen LogP contribution in [0.3, 0.4) is 0 Å². The lowest BCUT2D eigenvalue weighted by Crippen LogP contribution is -2.36. The molecule has 0 saturated carbocycles. The highest BCUT2D eigenvalue weighted by Gasteiger charge is 2.36. The Morgan fingerprint density at radius 2 is 1.91 bits per heavy atom. The van der Waals surface area contributed by atoms with E-state index >= 15 is 0 Å². The van der Waals surface area contributed by atoms with Crippen LogP contribution in [-0.2, 0) is 20.9 Å². The Hall–Kier alpha value is -3.62. The van der Waals surface area contributed by atoms with Crippen molar-refractivity contribution < 1.29 is 37.8 Å². The molecule has 3 aromatic rings. The van der Waals surface area contributed by atoms with Crippen molar-refractivity contribution in [1.29, 1.82) is 0 Å². The molecule has 4 rings (SSSR count). The minimum absolute atomic E-state index is 0.0142. The lowest BCUT2D eigenvalue weighted by atomic mass is 10.1. The Kier molecular flexibility index (Phi) is 11.6. The fourth-order valence-electron chi connectivity index (χ4n) is 4.01. The first-order valence-electron chi connectivity index (χ1n) is 13.4. The molecule has 1 N–H and O–H groups in total. The highest BCUT2D eigenvalue weighted by atomic mass is 127. The summed E-state index contributed by atoms with van der Waals surface area (Å²) in [6.07, 6.45) is 3.08. The number of halogens is 3. The van der Waals surface area contributed by atoms with Crippen LogP contribution in [-0.4, -0.2) is 48.2 Å². The van der Waals surface area contributed by atoms with Crippen LogP contribution < -0.4 is 14.8 Å². The normalized spacial score (nSPS) is 13.8. The van der Waals surface area contributed by atoms with Gasteiger partial charge in [-0.1, -0.05) is 43.1 Å². The smallest absolute Gasteiger partial charge is 0.339 e. The summed E-state index contributed by atoms with van der Waals surface area (Å²) in [5, 5.41) is 2.14. The molecule has 1 saturated heterocycles. The third kappa shape index (κ3) is 8.30. The summed E-state index contributed by atoms with van der Waals surface area (Å²) in [4.78, 5) is 51.8. The van der Waals surface area contributed by atoms with Crippen molar-refractivity contribution in [3.63, 3.8) is 0 Å². The van der Waals surface area contributed by atoms with E-state index in [-0.39, 0.29) is 40.2 Å². The molecule has 0 spiro atoms. The van der Waals surface area contributed by atoms with Crippen LogP contribution in [0, 0.1) is 9.39 Å². The van der Waals surface area contributed by atoms with Crippen LogP contribution in [0.5, 0.6) is 11.5 Å². The number of unbranched alkanes of at least 4 members (excludes halogenated alkanes) is 1. The second kappa shape index (κ2) is 15.4. The third-order valence-electron chi connectivity index (χ3n) is 6.26. The molecule has 0 aliphatic carbocycles. The number of amides is 3. The minimum Gasteiger partial charge on any atom is -0.493 e. The van der Waals surface area contributed by atoms with E-state index in [2.05, 4.69) is 5.32 Å². The van der Waals surface area contributed by atoms with Crippen molar-refractivity contribution in [2.75, 3.05) is 25.6 Å². The van der Waals surface area contributed by atoms with Crippen molar-refractivity contribution >= 4 is 80.7 Å². The Morgan fingerprint density at radius 3 is 2.64 bits per heavy atom. The summed E-state index contributed by atoms with van der Waals surface area (Å²) in [5.41, 5.74) is 1.28. The SMILES string of the molecule is CCCCOC(=O)c1cc(NC(=O)CN2C(=O)S/C(=C/c3cc(I)c(OCc4ccccc4F)c(OC)c3)C2=O)ccc1Cl. The number of carbonyl (C=O) groups is 4.